The molecule has 0 fully saturated rings. The molecule has 1 atom stereocenters. The van der Waals surface area contributed by atoms with Gasteiger partial charge in [-0.2, -0.15) is 0 Å². The Labute approximate surface area is 113 Å². The second-order valence-corrected chi connectivity index (χ2v) is 4.62. The minimum absolute atomic E-state index is 0.0933. The Morgan fingerprint density at radius 1 is 1.39 bits per heavy atom. The van der Waals surface area contributed by atoms with Crippen molar-refractivity contribution in [2.75, 3.05) is 6.61 Å². The van der Waals surface area contributed by atoms with E-state index in [0.717, 1.165) is 0 Å². The van der Waals surface area contributed by atoms with Gasteiger partial charge in [0.15, 0.2) is 5.78 Å². The zero-order chi connectivity index (χ0) is 13.7. The second-order valence-electron chi connectivity index (χ2n) is 3.70. The molecule has 0 spiro atoms. The van der Waals surface area contributed by atoms with Crippen molar-refractivity contribution in [3.63, 3.8) is 0 Å². The Morgan fingerprint density at radius 3 is 2.61 bits per heavy atom. The van der Waals surface area contributed by atoms with Gasteiger partial charge in [0.25, 0.3) is 0 Å². The zero-order valence-electron chi connectivity index (χ0n) is 10.2. The van der Waals surface area contributed by atoms with E-state index in [-0.39, 0.29) is 18.6 Å². The Balaban J connectivity index is 3.03. The molecule has 0 bridgehead atoms. The molecule has 0 saturated carbocycles. The molecule has 98 valence electrons. The molecule has 0 radical (unpaired) electrons. The predicted octanol–water partition coefficient (Wildman–Crippen LogP) is 3.36. The van der Waals surface area contributed by atoms with E-state index in [0.29, 0.717) is 4.47 Å². The van der Waals surface area contributed by atoms with Crippen molar-refractivity contribution in [3.05, 3.63) is 34.1 Å². The van der Waals surface area contributed by atoms with Crippen LogP contribution < -0.4 is 0 Å². The van der Waals surface area contributed by atoms with Gasteiger partial charge in [-0.1, -0.05) is 22.9 Å². The standard InChI is InChI=1S/C13H14BrFO3/c1-3-9(13(17)18-4-2)12(16)10-7-8(14)5-6-11(10)15/h5-7,9H,3-4H2,1-2H3. The summed E-state index contributed by atoms with van der Waals surface area (Å²) in [5, 5.41) is 0. The number of carbonyl (C=O) groups excluding carboxylic acids is 2. The normalized spacial score (nSPS) is 12.0. The number of ketones is 1. The van der Waals surface area contributed by atoms with Gasteiger partial charge in [-0.15, -0.1) is 0 Å². The number of carbonyl (C=O) groups is 2. The second kappa shape index (κ2) is 6.64. The molecular weight excluding hydrogens is 303 g/mol. The predicted molar refractivity (Wildman–Crippen MR) is 68.8 cm³/mol. The third kappa shape index (κ3) is 3.38. The fraction of sp³-hybridized carbons (Fsp3) is 0.385. The number of ether oxygens (including phenoxy) is 1. The maximum absolute atomic E-state index is 13.6. The highest BCUT2D eigenvalue weighted by molar-refractivity contribution is 9.10. The third-order valence-electron chi connectivity index (χ3n) is 2.49. The van der Waals surface area contributed by atoms with Crippen molar-refractivity contribution in [3.8, 4) is 0 Å². The van der Waals surface area contributed by atoms with E-state index in [9.17, 15) is 14.0 Å². The first-order chi connectivity index (χ1) is 8.51. The monoisotopic (exact) mass is 316 g/mol. The van der Waals surface area contributed by atoms with Crippen LogP contribution >= 0.6 is 15.9 Å². The molecule has 0 saturated heterocycles. The molecule has 0 aromatic heterocycles. The lowest BCUT2D eigenvalue weighted by Gasteiger charge is -2.13. The van der Waals surface area contributed by atoms with E-state index >= 15 is 0 Å². The SMILES string of the molecule is CCOC(=O)C(CC)C(=O)c1cc(Br)ccc1F. The molecule has 0 amide bonds. The lowest BCUT2D eigenvalue weighted by atomic mass is 9.95. The summed E-state index contributed by atoms with van der Waals surface area (Å²) >= 11 is 3.17. The van der Waals surface area contributed by atoms with Crippen molar-refractivity contribution in [2.45, 2.75) is 20.3 Å². The first-order valence-electron chi connectivity index (χ1n) is 5.67. The van der Waals surface area contributed by atoms with Gasteiger partial charge in [-0.25, -0.2) is 4.39 Å². The summed E-state index contributed by atoms with van der Waals surface area (Å²) in [6, 6.07) is 4.06. The summed E-state index contributed by atoms with van der Waals surface area (Å²) in [5.41, 5.74) is -0.0933. The van der Waals surface area contributed by atoms with Crippen molar-refractivity contribution in [2.24, 2.45) is 5.92 Å². The van der Waals surface area contributed by atoms with Crippen LogP contribution in [0.4, 0.5) is 4.39 Å². The lowest BCUT2D eigenvalue weighted by molar-refractivity contribution is -0.146. The zero-order valence-corrected chi connectivity index (χ0v) is 11.8. The molecule has 1 aromatic rings. The fourth-order valence-electron chi connectivity index (χ4n) is 1.58. The van der Waals surface area contributed by atoms with Gasteiger partial charge in [0.2, 0.25) is 0 Å². The highest BCUT2D eigenvalue weighted by Crippen LogP contribution is 2.21. The fourth-order valence-corrected chi connectivity index (χ4v) is 1.94. The molecule has 18 heavy (non-hydrogen) atoms. The Morgan fingerprint density at radius 2 is 2.06 bits per heavy atom. The van der Waals surface area contributed by atoms with Crippen molar-refractivity contribution in [1.29, 1.82) is 0 Å². The van der Waals surface area contributed by atoms with Crippen LogP contribution in [-0.4, -0.2) is 18.4 Å². The maximum atomic E-state index is 13.6. The number of benzene rings is 1. The molecule has 0 aliphatic carbocycles. The molecule has 0 aliphatic heterocycles. The summed E-state index contributed by atoms with van der Waals surface area (Å²) in [4.78, 5) is 23.7. The van der Waals surface area contributed by atoms with Crippen LogP contribution in [0.15, 0.2) is 22.7 Å². The number of hydrogen-bond donors (Lipinski definition) is 0. The van der Waals surface area contributed by atoms with Crippen LogP contribution in [-0.2, 0) is 9.53 Å². The minimum Gasteiger partial charge on any atom is -0.465 e. The Hall–Kier alpha value is -1.23. The van der Waals surface area contributed by atoms with E-state index in [1.54, 1.807) is 13.8 Å². The Kier molecular flexibility index (Phi) is 5.47. The van der Waals surface area contributed by atoms with Gasteiger partial charge >= 0.3 is 5.97 Å². The quantitative estimate of drug-likeness (QED) is 0.475. The first kappa shape index (κ1) is 14.8. The lowest BCUT2D eigenvalue weighted by Crippen LogP contribution is -2.26. The summed E-state index contributed by atoms with van der Waals surface area (Å²) in [7, 11) is 0. The van der Waals surface area contributed by atoms with Crippen molar-refractivity contribution in [1.82, 2.24) is 0 Å². The number of rotatable bonds is 5. The summed E-state index contributed by atoms with van der Waals surface area (Å²) in [5.74, 6) is -2.74. The topological polar surface area (TPSA) is 43.4 Å². The minimum atomic E-state index is -0.950. The number of Topliss-reactive ketones (excluding diaryl/α,β-unsaturated/α-hetero) is 1. The summed E-state index contributed by atoms with van der Waals surface area (Å²) in [6.07, 6.45) is 0.281. The smallest absolute Gasteiger partial charge is 0.316 e. The maximum Gasteiger partial charge on any atom is 0.316 e. The molecule has 1 aromatic carbocycles. The highest BCUT2D eigenvalue weighted by Gasteiger charge is 2.29. The average Bonchev–Trinajstić information content (AvgIpc) is 2.33. The van der Waals surface area contributed by atoms with E-state index in [1.807, 2.05) is 0 Å². The van der Waals surface area contributed by atoms with Crippen molar-refractivity contribution < 1.29 is 18.7 Å². The molecule has 0 N–H and O–H groups in total. The van der Waals surface area contributed by atoms with Gasteiger partial charge in [0.1, 0.15) is 11.7 Å². The molecule has 5 heteroatoms. The van der Waals surface area contributed by atoms with E-state index < -0.39 is 23.5 Å². The van der Waals surface area contributed by atoms with Crippen molar-refractivity contribution >= 4 is 27.7 Å². The molecule has 1 unspecified atom stereocenters. The molecular formula is C13H14BrFO3. The molecule has 3 nitrogen and oxygen atoms in total. The third-order valence-corrected chi connectivity index (χ3v) is 2.98. The van der Waals surface area contributed by atoms with Gasteiger partial charge in [-0.3, -0.25) is 9.59 Å². The molecule has 0 aliphatic rings. The van der Waals surface area contributed by atoms with E-state index in [4.69, 9.17) is 4.74 Å². The van der Waals surface area contributed by atoms with Crippen LogP contribution in [0.3, 0.4) is 0 Å². The van der Waals surface area contributed by atoms with Crippen LogP contribution in [0.1, 0.15) is 30.6 Å². The highest BCUT2D eigenvalue weighted by atomic mass is 79.9. The molecule has 1 rings (SSSR count). The average molecular weight is 317 g/mol. The van der Waals surface area contributed by atoms with Gasteiger partial charge in [0.05, 0.1) is 12.2 Å². The Bertz CT molecular complexity index is 460. The van der Waals surface area contributed by atoms with E-state index in [2.05, 4.69) is 15.9 Å². The van der Waals surface area contributed by atoms with Crippen LogP contribution in [0, 0.1) is 11.7 Å². The van der Waals surface area contributed by atoms with Gasteiger partial charge in [-0.05, 0) is 31.5 Å². The van der Waals surface area contributed by atoms with Crippen LogP contribution in [0.25, 0.3) is 0 Å². The van der Waals surface area contributed by atoms with Crippen LogP contribution in [0.5, 0.6) is 0 Å². The van der Waals surface area contributed by atoms with Gasteiger partial charge in [0, 0.05) is 4.47 Å². The number of halogens is 2. The first-order valence-corrected chi connectivity index (χ1v) is 6.46. The summed E-state index contributed by atoms with van der Waals surface area (Å²) < 4.78 is 19.0. The van der Waals surface area contributed by atoms with Gasteiger partial charge < -0.3 is 4.74 Å². The molecule has 0 heterocycles. The van der Waals surface area contributed by atoms with Crippen LogP contribution in [0.2, 0.25) is 0 Å². The van der Waals surface area contributed by atoms with E-state index in [1.165, 1.54) is 18.2 Å². The number of hydrogen-bond acceptors (Lipinski definition) is 3. The largest absolute Gasteiger partial charge is 0.465 e. The number of esters is 1. The summed E-state index contributed by atoms with van der Waals surface area (Å²) in [6.45, 7) is 3.55.